The lowest BCUT2D eigenvalue weighted by atomic mass is 9.97. The maximum Gasteiger partial charge on any atom is 0.330 e. The molecule has 3 rings (SSSR count). The predicted octanol–water partition coefficient (Wildman–Crippen LogP) is 2.98. The topological polar surface area (TPSA) is 52.7 Å². The average Bonchev–Trinajstić information content (AvgIpc) is 2.71. The van der Waals surface area contributed by atoms with E-state index < -0.39 is 5.95 Å². The molecule has 0 N–H and O–H groups in total. The summed E-state index contributed by atoms with van der Waals surface area (Å²) in [6.45, 7) is 6.84. The third kappa shape index (κ3) is 2.88. The summed E-state index contributed by atoms with van der Waals surface area (Å²) in [6, 6.07) is 8.19. The number of aryl methyl sites for hydroxylation is 1. The van der Waals surface area contributed by atoms with Crippen molar-refractivity contribution in [3.8, 4) is 11.4 Å². The van der Waals surface area contributed by atoms with Gasteiger partial charge in [-0.05, 0) is 29.7 Å². The number of nitrogens with zero attached hydrogens (tertiary/aromatic N) is 4. The number of halogens is 1. The highest BCUT2D eigenvalue weighted by atomic mass is 19.1. The Kier molecular flexibility index (Phi) is 3.55. The summed E-state index contributed by atoms with van der Waals surface area (Å²) in [4.78, 5) is 20.8. The van der Waals surface area contributed by atoms with E-state index in [1.54, 1.807) is 29.8 Å². The van der Waals surface area contributed by atoms with Crippen molar-refractivity contribution in [3.63, 3.8) is 0 Å². The van der Waals surface area contributed by atoms with Gasteiger partial charge in [0.15, 0.2) is 5.65 Å². The summed E-state index contributed by atoms with van der Waals surface area (Å²) >= 11 is 0. The molecule has 0 aromatic carbocycles. The van der Waals surface area contributed by atoms with E-state index in [4.69, 9.17) is 0 Å². The summed E-state index contributed by atoms with van der Waals surface area (Å²) in [7, 11) is 1.69. The predicted molar refractivity (Wildman–Crippen MR) is 87.6 cm³/mol. The van der Waals surface area contributed by atoms with Crippen LogP contribution in [0.4, 0.5) is 4.39 Å². The first-order chi connectivity index (χ1) is 10.8. The zero-order valence-corrected chi connectivity index (χ0v) is 13.7. The molecule has 5 nitrogen and oxygen atoms in total. The molecule has 0 atom stereocenters. The summed E-state index contributed by atoms with van der Waals surface area (Å²) in [5.74, 6) is -0.552. The number of hydrogen-bond acceptors (Lipinski definition) is 3. The van der Waals surface area contributed by atoms with Gasteiger partial charge in [0.25, 0.3) is 0 Å². The molecule has 23 heavy (non-hydrogen) atoms. The highest BCUT2D eigenvalue weighted by Crippen LogP contribution is 2.22. The van der Waals surface area contributed by atoms with Gasteiger partial charge in [0.05, 0.1) is 16.9 Å². The fourth-order valence-corrected chi connectivity index (χ4v) is 2.59. The lowest BCUT2D eigenvalue weighted by Crippen LogP contribution is -2.27. The van der Waals surface area contributed by atoms with Crippen LogP contribution in [0.15, 0.2) is 35.1 Å². The second kappa shape index (κ2) is 5.30. The number of aromatic nitrogens is 4. The van der Waals surface area contributed by atoms with Crippen LogP contribution in [-0.4, -0.2) is 19.1 Å². The molecule has 0 aliphatic carbocycles. The Morgan fingerprint density at radius 2 is 1.78 bits per heavy atom. The van der Waals surface area contributed by atoms with Gasteiger partial charge in [0.1, 0.15) is 0 Å². The lowest BCUT2D eigenvalue weighted by Gasteiger charge is -2.18. The molecule has 6 heteroatoms. The molecule has 0 saturated heterocycles. The van der Waals surface area contributed by atoms with E-state index in [1.807, 2.05) is 6.07 Å². The molecule has 0 aliphatic rings. The summed E-state index contributed by atoms with van der Waals surface area (Å²) in [5, 5.41) is 0. The number of imidazole rings is 1. The fourth-order valence-electron chi connectivity index (χ4n) is 2.59. The van der Waals surface area contributed by atoms with Gasteiger partial charge in [-0.3, -0.25) is 9.13 Å². The Morgan fingerprint density at radius 1 is 1.09 bits per heavy atom. The fraction of sp³-hybridized carbons (Fsp3) is 0.353. The molecule has 0 amide bonds. The first kappa shape index (κ1) is 15.4. The molecule has 3 heterocycles. The molecule has 0 saturated carbocycles. The molecule has 0 unspecified atom stereocenters. The van der Waals surface area contributed by atoms with Crippen LogP contribution in [0.1, 0.15) is 20.8 Å². The van der Waals surface area contributed by atoms with Gasteiger partial charge < -0.3 is 0 Å². The second-order valence-corrected chi connectivity index (χ2v) is 6.87. The zero-order chi connectivity index (χ0) is 16.8. The van der Waals surface area contributed by atoms with Crippen LogP contribution in [0.2, 0.25) is 0 Å². The van der Waals surface area contributed by atoms with Gasteiger partial charge in [-0.15, -0.1) is 0 Å². The van der Waals surface area contributed by atoms with Crippen LogP contribution in [0.5, 0.6) is 0 Å². The van der Waals surface area contributed by atoms with E-state index in [9.17, 15) is 9.18 Å². The maximum atomic E-state index is 13.3. The highest BCUT2D eigenvalue weighted by molar-refractivity contribution is 5.75. The third-order valence-electron chi connectivity index (χ3n) is 3.59. The van der Waals surface area contributed by atoms with Crippen LogP contribution in [0, 0.1) is 11.4 Å². The van der Waals surface area contributed by atoms with E-state index in [2.05, 4.69) is 30.7 Å². The summed E-state index contributed by atoms with van der Waals surface area (Å²) in [6.07, 6.45) is 0. The standard InChI is InChI=1S/C17H19FN4O/c1-17(2,3)10-22-13-9-8-12(11-6-5-7-14(18)19-11)20-15(13)21(4)16(22)23/h5-9H,10H2,1-4H3. The highest BCUT2D eigenvalue weighted by Gasteiger charge is 2.19. The number of fused-ring (bicyclic) bond motifs is 1. The van der Waals surface area contributed by atoms with Crippen molar-refractivity contribution >= 4 is 11.2 Å². The van der Waals surface area contributed by atoms with Gasteiger partial charge in [0.2, 0.25) is 5.95 Å². The SMILES string of the molecule is Cn1c(=O)n(CC(C)(C)C)c2ccc(-c3cccc(F)n3)nc21. The van der Waals surface area contributed by atoms with Gasteiger partial charge in [-0.2, -0.15) is 4.39 Å². The van der Waals surface area contributed by atoms with Crippen molar-refractivity contribution in [1.29, 1.82) is 0 Å². The molecule has 0 fully saturated rings. The van der Waals surface area contributed by atoms with Crippen molar-refractivity contribution in [3.05, 3.63) is 46.8 Å². The van der Waals surface area contributed by atoms with Crippen LogP contribution in [-0.2, 0) is 13.6 Å². The summed E-state index contributed by atoms with van der Waals surface area (Å²) in [5.41, 5.74) is 2.20. The average molecular weight is 314 g/mol. The van der Waals surface area contributed by atoms with Crippen LogP contribution < -0.4 is 5.69 Å². The van der Waals surface area contributed by atoms with Crippen LogP contribution in [0.25, 0.3) is 22.6 Å². The quantitative estimate of drug-likeness (QED) is 0.683. The van der Waals surface area contributed by atoms with Crippen molar-refractivity contribution in [1.82, 2.24) is 19.1 Å². The normalized spacial score (nSPS) is 12.0. The van der Waals surface area contributed by atoms with E-state index in [0.29, 0.717) is 23.6 Å². The van der Waals surface area contributed by atoms with Gasteiger partial charge in [-0.25, -0.2) is 14.8 Å². The molecular weight excluding hydrogens is 295 g/mol. The van der Waals surface area contributed by atoms with Crippen molar-refractivity contribution in [2.24, 2.45) is 12.5 Å². The second-order valence-electron chi connectivity index (χ2n) is 6.87. The number of rotatable bonds is 2. The van der Waals surface area contributed by atoms with Crippen LogP contribution in [0.3, 0.4) is 0 Å². The van der Waals surface area contributed by atoms with Gasteiger partial charge in [-0.1, -0.05) is 26.8 Å². The Balaban J connectivity index is 2.18. The molecular formula is C17H19FN4O. The Morgan fingerprint density at radius 3 is 2.43 bits per heavy atom. The smallest absolute Gasteiger partial charge is 0.290 e. The monoisotopic (exact) mass is 314 g/mol. The molecule has 0 aliphatic heterocycles. The Hall–Kier alpha value is -2.50. The third-order valence-corrected chi connectivity index (χ3v) is 3.59. The first-order valence-corrected chi connectivity index (χ1v) is 7.45. The molecule has 0 radical (unpaired) electrons. The van der Waals surface area contributed by atoms with Gasteiger partial charge >= 0.3 is 5.69 Å². The minimum absolute atomic E-state index is 0.0269. The Bertz CT molecular complexity index is 934. The van der Waals surface area contributed by atoms with Crippen molar-refractivity contribution in [2.45, 2.75) is 27.3 Å². The van der Waals surface area contributed by atoms with Crippen molar-refractivity contribution < 1.29 is 4.39 Å². The van der Waals surface area contributed by atoms with Gasteiger partial charge in [0, 0.05) is 13.6 Å². The van der Waals surface area contributed by atoms with E-state index in [0.717, 1.165) is 5.52 Å². The molecule has 120 valence electrons. The van der Waals surface area contributed by atoms with E-state index in [1.165, 1.54) is 10.6 Å². The minimum atomic E-state index is -0.552. The van der Waals surface area contributed by atoms with E-state index in [-0.39, 0.29) is 11.1 Å². The lowest BCUT2D eigenvalue weighted by molar-refractivity contribution is 0.342. The largest absolute Gasteiger partial charge is 0.330 e. The zero-order valence-electron chi connectivity index (χ0n) is 13.7. The molecule has 3 aromatic rings. The maximum absolute atomic E-state index is 13.3. The molecule has 0 bridgehead atoms. The number of pyridine rings is 2. The van der Waals surface area contributed by atoms with Crippen LogP contribution >= 0.6 is 0 Å². The Labute approximate surface area is 133 Å². The number of hydrogen-bond donors (Lipinski definition) is 0. The van der Waals surface area contributed by atoms with E-state index >= 15 is 0 Å². The molecule has 0 spiro atoms. The molecule has 3 aromatic heterocycles. The minimum Gasteiger partial charge on any atom is -0.290 e. The first-order valence-electron chi connectivity index (χ1n) is 7.45. The van der Waals surface area contributed by atoms with Crippen molar-refractivity contribution in [2.75, 3.05) is 0 Å². The summed E-state index contributed by atoms with van der Waals surface area (Å²) < 4.78 is 16.5.